The number of carboxylic acid groups (broad SMARTS) is 1. The molecular weight excluding hydrogens is 444 g/mol. The molecule has 3 aromatic carbocycles. The second-order valence-corrected chi connectivity index (χ2v) is 9.85. The number of rotatable bonds is 9. The van der Waals surface area contributed by atoms with Crippen molar-refractivity contribution in [3.63, 3.8) is 0 Å². The first kappa shape index (κ1) is 23.6. The topological polar surface area (TPSA) is 79.3 Å². The average molecular weight is 473 g/mol. The number of carboxylic acids is 1. The molecule has 6 heteroatoms. The summed E-state index contributed by atoms with van der Waals surface area (Å²) in [4.78, 5) is 29.5. The Kier molecular flexibility index (Phi) is 7.38. The summed E-state index contributed by atoms with van der Waals surface area (Å²) < 4.78 is 1.08. The van der Waals surface area contributed by atoms with Crippen molar-refractivity contribution in [3.05, 3.63) is 89.5 Å². The van der Waals surface area contributed by atoms with Gasteiger partial charge in [-0.3, -0.25) is 9.59 Å². The number of nitrogens with one attached hydrogen (secondary N) is 1. The molecule has 0 saturated heterocycles. The van der Waals surface area contributed by atoms with Gasteiger partial charge in [0, 0.05) is 17.5 Å². The van der Waals surface area contributed by atoms with E-state index in [0.29, 0.717) is 17.9 Å². The third kappa shape index (κ3) is 5.69. The summed E-state index contributed by atoms with van der Waals surface area (Å²) in [6.07, 6.45) is 1.06. The minimum Gasteiger partial charge on any atom is -0.481 e. The van der Waals surface area contributed by atoms with Gasteiger partial charge in [0.1, 0.15) is 5.01 Å². The normalized spacial score (nSPS) is 12.1. The van der Waals surface area contributed by atoms with Gasteiger partial charge in [-0.25, -0.2) is 4.98 Å². The molecule has 34 heavy (non-hydrogen) atoms. The summed E-state index contributed by atoms with van der Waals surface area (Å²) in [5.41, 5.74) is 4.05. The number of thiazole rings is 1. The third-order valence-electron chi connectivity index (χ3n) is 5.72. The number of aromatic nitrogens is 1. The van der Waals surface area contributed by atoms with E-state index in [9.17, 15) is 14.7 Å². The van der Waals surface area contributed by atoms with Crippen molar-refractivity contribution < 1.29 is 14.7 Å². The largest absolute Gasteiger partial charge is 0.481 e. The first-order chi connectivity index (χ1) is 16.4. The maximum atomic E-state index is 13.6. The van der Waals surface area contributed by atoms with Crippen LogP contribution < -0.4 is 5.32 Å². The average Bonchev–Trinajstić information content (AvgIpc) is 3.27. The van der Waals surface area contributed by atoms with Gasteiger partial charge in [0.05, 0.1) is 16.3 Å². The fourth-order valence-electron chi connectivity index (χ4n) is 4.05. The van der Waals surface area contributed by atoms with E-state index in [1.165, 1.54) is 0 Å². The zero-order chi connectivity index (χ0) is 24.1. The molecule has 1 aromatic heterocycles. The van der Waals surface area contributed by atoms with Crippen LogP contribution in [0.15, 0.2) is 72.8 Å². The highest BCUT2D eigenvalue weighted by molar-refractivity contribution is 7.21. The molecular formula is C28H28N2O3S. The molecule has 1 heterocycles. The van der Waals surface area contributed by atoms with E-state index in [1.54, 1.807) is 11.3 Å². The van der Waals surface area contributed by atoms with Crippen molar-refractivity contribution in [3.8, 4) is 10.6 Å². The van der Waals surface area contributed by atoms with Crippen LogP contribution in [0.25, 0.3) is 20.8 Å². The van der Waals surface area contributed by atoms with Crippen LogP contribution in [0.4, 0.5) is 0 Å². The molecule has 4 aromatic rings. The maximum Gasteiger partial charge on any atom is 0.303 e. The molecule has 4 rings (SSSR count). The number of fused-ring (bicyclic) bond motifs is 1. The SMILES string of the molecule is CC(C)CC(NC(=O)c1cc(-c2nc3ccccc3s2)ccc1CCC(=O)O)c1ccccc1. The number of aliphatic carboxylic acids is 1. The van der Waals surface area contributed by atoms with Crippen molar-refractivity contribution >= 4 is 33.4 Å². The Morgan fingerprint density at radius 2 is 1.74 bits per heavy atom. The van der Waals surface area contributed by atoms with Crippen molar-refractivity contribution in [2.24, 2.45) is 5.92 Å². The van der Waals surface area contributed by atoms with Crippen LogP contribution in [0.3, 0.4) is 0 Å². The highest BCUT2D eigenvalue weighted by Gasteiger charge is 2.20. The number of hydrogen-bond acceptors (Lipinski definition) is 4. The van der Waals surface area contributed by atoms with E-state index in [0.717, 1.165) is 38.3 Å². The monoisotopic (exact) mass is 472 g/mol. The molecule has 1 unspecified atom stereocenters. The molecule has 0 aliphatic heterocycles. The van der Waals surface area contributed by atoms with E-state index in [-0.39, 0.29) is 18.4 Å². The first-order valence-electron chi connectivity index (χ1n) is 11.5. The summed E-state index contributed by atoms with van der Waals surface area (Å²) in [7, 11) is 0. The molecule has 174 valence electrons. The standard InChI is InChI=1S/C28H28N2O3S/c1-18(2)16-24(20-8-4-3-5-9-20)29-27(33)22-17-21(13-12-19(22)14-15-26(31)32)28-30-23-10-6-7-11-25(23)34-28/h3-13,17-18,24H,14-16H2,1-2H3,(H,29,33)(H,31,32). The zero-order valence-corrected chi connectivity index (χ0v) is 20.1. The Bertz CT molecular complexity index is 1260. The Balaban J connectivity index is 1.69. The van der Waals surface area contributed by atoms with Crippen LogP contribution in [-0.4, -0.2) is 22.0 Å². The maximum absolute atomic E-state index is 13.6. The zero-order valence-electron chi connectivity index (χ0n) is 19.3. The summed E-state index contributed by atoms with van der Waals surface area (Å²) in [5.74, 6) is -0.687. The molecule has 1 atom stereocenters. The molecule has 0 saturated carbocycles. The number of aryl methyl sites for hydroxylation is 1. The van der Waals surface area contributed by atoms with Gasteiger partial charge in [-0.1, -0.05) is 68.4 Å². The molecule has 0 aliphatic rings. The molecule has 0 aliphatic carbocycles. The van der Waals surface area contributed by atoms with Gasteiger partial charge >= 0.3 is 5.97 Å². The van der Waals surface area contributed by atoms with Crippen molar-refractivity contribution in [2.45, 2.75) is 39.2 Å². The lowest BCUT2D eigenvalue weighted by atomic mass is 9.95. The molecule has 2 N–H and O–H groups in total. The molecule has 0 fully saturated rings. The fraction of sp³-hybridized carbons (Fsp3) is 0.250. The van der Waals surface area contributed by atoms with Crippen LogP contribution in [0.5, 0.6) is 0 Å². The van der Waals surface area contributed by atoms with Crippen LogP contribution >= 0.6 is 11.3 Å². The fourth-order valence-corrected chi connectivity index (χ4v) is 5.01. The minimum absolute atomic E-state index is 0.0329. The lowest BCUT2D eigenvalue weighted by Crippen LogP contribution is -2.30. The summed E-state index contributed by atoms with van der Waals surface area (Å²) in [6, 6.07) is 23.4. The van der Waals surface area contributed by atoms with Gasteiger partial charge < -0.3 is 10.4 Å². The van der Waals surface area contributed by atoms with Crippen LogP contribution in [0, 0.1) is 5.92 Å². The molecule has 0 bridgehead atoms. The highest BCUT2D eigenvalue weighted by atomic mass is 32.1. The molecule has 1 amide bonds. The summed E-state index contributed by atoms with van der Waals surface area (Å²) in [6.45, 7) is 4.27. The highest BCUT2D eigenvalue weighted by Crippen LogP contribution is 2.32. The predicted molar refractivity (Wildman–Crippen MR) is 137 cm³/mol. The lowest BCUT2D eigenvalue weighted by molar-refractivity contribution is -0.136. The Morgan fingerprint density at radius 1 is 1.00 bits per heavy atom. The third-order valence-corrected chi connectivity index (χ3v) is 6.80. The smallest absolute Gasteiger partial charge is 0.303 e. The van der Waals surface area contributed by atoms with Gasteiger partial charge in [-0.15, -0.1) is 11.3 Å². The van der Waals surface area contributed by atoms with E-state index < -0.39 is 5.97 Å². The second-order valence-electron chi connectivity index (χ2n) is 8.82. The van der Waals surface area contributed by atoms with E-state index >= 15 is 0 Å². The lowest BCUT2D eigenvalue weighted by Gasteiger charge is -2.22. The quantitative estimate of drug-likeness (QED) is 0.291. The Labute approximate surface area is 203 Å². The number of carbonyl (C=O) groups excluding carboxylic acids is 1. The number of amides is 1. The first-order valence-corrected chi connectivity index (χ1v) is 12.3. The number of carbonyl (C=O) groups is 2. The van der Waals surface area contributed by atoms with E-state index in [1.807, 2.05) is 72.8 Å². The number of benzene rings is 3. The number of nitrogens with zero attached hydrogens (tertiary/aromatic N) is 1. The van der Waals surface area contributed by atoms with Crippen molar-refractivity contribution in [1.82, 2.24) is 10.3 Å². The van der Waals surface area contributed by atoms with E-state index in [2.05, 4.69) is 19.2 Å². The predicted octanol–water partition coefficient (Wildman–Crippen LogP) is 6.50. The van der Waals surface area contributed by atoms with Crippen molar-refractivity contribution in [1.29, 1.82) is 0 Å². The summed E-state index contributed by atoms with van der Waals surface area (Å²) >= 11 is 1.58. The van der Waals surface area contributed by atoms with Gasteiger partial charge in [-0.05, 0) is 48.1 Å². The van der Waals surface area contributed by atoms with Gasteiger partial charge in [-0.2, -0.15) is 0 Å². The van der Waals surface area contributed by atoms with Crippen LogP contribution in [0.1, 0.15) is 54.2 Å². The molecule has 0 spiro atoms. The van der Waals surface area contributed by atoms with Crippen LogP contribution in [-0.2, 0) is 11.2 Å². The number of para-hydroxylation sites is 1. The van der Waals surface area contributed by atoms with E-state index in [4.69, 9.17) is 4.98 Å². The molecule has 0 radical (unpaired) electrons. The van der Waals surface area contributed by atoms with Gasteiger partial charge in [0.25, 0.3) is 5.91 Å². The second kappa shape index (κ2) is 10.6. The Morgan fingerprint density at radius 3 is 2.44 bits per heavy atom. The van der Waals surface area contributed by atoms with Gasteiger partial charge in [0.15, 0.2) is 0 Å². The van der Waals surface area contributed by atoms with Gasteiger partial charge in [0.2, 0.25) is 0 Å². The van der Waals surface area contributed by atoms with Crippen LogP contribution in [0.2, 0.25) is 0 Å². The minimum atomic E-state index is -0.886. The van der Waals surface area contributed by atoms with Crippen molar-refractivity contribution in [2.75, 3.05) is 0 Å². The number of hydrogen-bond donors (Lipinski definition) is 2. The Hall–Kier alpha value is -3.51. The molecule has 5 nitrogen and oxygen atoms in total. The summed E-state index contributed by atoms with van der Waals surface area (Å²) in [5, 5.41) is 13.2.